The molecule has 0 aliphatic carbocycles. The van der Waals surface area contributed by atoms with E-state index >= 15 is 0 Å². The number of benzene rings is 1. The molecule has 0 fully saturated rings. The van der Waals surface area contributed by atoms with Crippen LogP contribution < -0.4 is 10.1 Å². The third-order valence-corrected chi connectivity index (χ3v) is 2.89. The van der Waals surface area contributed by atoms with E-state index in [-0.39, 0.29) is 0 Å². The molecule has 0 saturated carbocycles. The lowest BCUT2D eigenvalue weighted by Crippen LogP contribution is -2.21. The fourth-order valence-electron chi connectivity index (χ4n) is 2.03. The van der Waals surface area contributed by atoms with Crippen LogP contribution in [0.2, 0.25) is 0 Å². The normalized spacial score (nSPS) is 12.4. The Bertz CT molecular complexity index is 311. The Labute approximate surface area is 110 Å². The van der Waals surface area contributed by atoms with E-state index in [0.717, 1.165) is 31.7 Å². The van der Waals surface area contributed by atoms with Gasteiger partial charge in [-0.15, -0.1) is 0 Å². The van der Waals surface area contributed by atoms with Crippen molar-refractivity contribution in [3.8, 4) is 5.75 Å². The Hall–Kier alpha value is -1.06. The molecule has 102 valence electrons. The third kappa shape index (κ3) is 5.07. The summed E-state index contributed by atoms with van der Waals surface area (Å²) in [6.07, 6.45) is 2.16. The molecule has 0 bridgehead atoms. The zero-order valence-corrected chi connectivity index (χ0v) is 11.7. The van der Waals surface area contributed by atoms with Gasteiger partial charge >= 0.3 is 0 Å². The van der Waals surface area contributed by atoms with Crippen LogP contribution in [-0.4, -0.2) is 26.9 Å². The lowest BCUT2D eigenvalue weighted by Gasteiger charge is -2.18. The molecule has 1 unspecified atom stereocenters. The van der Waals surface area contributed by atoms with Crippen LogP contribution >= 0.6 is 0 Å². The highest BCUT2D eigenvalue weighted by Crippen LogP contribution is 2.21. The Morgan fingerprint density at radius 3 is 2.44 bits per heavy atom. The molecule has 0 amide bonds. The molecule has 0 aromatic heterocycles. The number of hydrogen-bond donors (Lipinski definition) is 1. The molecule has 0 spiro atoms. The van der Waals surface area contributed by atoms with E-state index in [1.807, 2.05) is 19.1 Å². The van der Waals surface area contributed by atoms with Gasteiger partial charge in [0.15, 0.2) is 0 Å². The van der Waals surface area contributed by atoms with Gasteiger partial charge in [-0.25, -0.2) is 0 Å². The fraction of sp³-hybridized carbons (Fsp3) is 0.600. The van der Waals surface area contributed by atoms with Gasteiger partial charge in [-0.1, -0.05) is 19.1 Å². The highest BCUT2D eigenvalue weighted by molar-refractivity contribution is 5.29. The Kier molecular flexibility index (Phi) is 7.46. The summed E-state index contributed by atoms with van der Waals surface area (Å²) >= 11 is 0. The maximum absolute atomic E-state index is 5.46. The van der Waals surface area contributed by atoms with E-state index in [1.165, 1.54) is 5.56 Å². The predicted octanol–water partition coefficient (Wildman–Crippen LogP) is 3.16. The summed E-state index contributed by atoms with van der Waals surface area (Å²) in [6, 6.07) is 8.77. The minimum atomic E-state index is 0.404. The number of rotatable bonds is 9. The minimum Gasteiger partial charge on any atom is -0.494 e. The van der Waals surface area contributed by atoms with Crippen molar-refractivity contribution in [3.05, 3.63) is 29.8 Å². The lowest BCUT2D eigenvalue weighted by atomic mass is 10.0. The molecule has 0 aliphatic rings. The van der Waals surface area contributed by atoms with Gasteiger partial charge in [0.25, 0.3) is 0 Å². The van der Waals surface area contributed by atoms with Gasteiger partial charge in [0.05, 0.1) is 6.61 Å². The summed E-state index contributed by atoms with van der Waals surface area (Å²) in [7, 11) is 1.75. The van der Waals surface area contributed by atoms with Crippen LogP contribution in [-0.2, 0) is 4.74 Å². The van der Waals surface area contributed by atoms with Crippen LogP contribution in [0.1, 0.15) is 38.3 Å². The highest BCUT2D eigenvalue weighted by Gasteiger charge is 2.09. The molecule has 0 heterocycles. The molecule has 1 N–H and O–H groups in total. The fourth-order valence-corrected chi connectivity index (χ4v) is 2.03. The average molecular weight is 251 g/mol. The van der Waals surface area contributed by atoms with Crippen LogP contribution in [0, 0.1) is 0 Å². The maximum Gasteiger partial charge on any atom is 0.119 e. The van der Waals surface area contributed by atoms with E-state index in [2.05, 4.69) is 24.4 Å². The summed E-state index contributed by atoms with van der Waals surface area (Å²) in [4.78, 5) is 0. The SMILES string of the molecule is CCNC(CCCOC)c1ccc(OCC)cc1. The van der Waals surface area contributed by atoms with E-state index in [0.29, 0.717) is 12.6 Å². The monoisotopic (exact) mass is 251 g/mol. The summed E-state index contributed by atoms with van der Waals surface area (Å²) in [6.45, 7) is 6.64. The molecule has 3 heteroatoms. The number of methoxy groups -OCH3 is 1. The van der Waals surface area contributed by atoms with Crippen LogP contribution in [0.5, 0.6) is 5.75 Å². The average Bonchev–Trinajstić information content (AvgIpc) is 2.39. The molecule has 1 rings (SSSR count). The van der Waals surface area contributed by atoms with Gasteiger partial charge < -0.3 is 14.8 Å². The first-order valence-electron chi connectivity index (χ1n) is 6.76. The van der Waals surface area contributed by atoms with Crippen LogP contribution in [0.3, 0.4) is 0 Å². The second kappa shape index (κ2) is 8.95. The predicted molar refractivity (Wildman–Crippen MR) is 75.1 cm³/mol. The first kappa shape index (κ1) is 15.0. The highest BCUT2D eigenvalue weighted by atomic mass is 16.5. The van der Waals surface area contributed by atoms with Crippen LogP contribution in [0.4, 0.5) is 0 Å². The summed E-state index contributed by atoms with van der Waals surface area (Å²) < 4.78 is 10.6. The van der Waals surface area contributed by atoms with Crippen molar-refractivity contribution in [1.82, 2.24) is 5.32 Å². The van der Waals surface area contributed by atoms with Crippen LogP contribution in [0.25, 0.3) is 0 Å². The van der Waals surface area contributed by atoms with Crippen molar-refractivity contribution in [2.24, 2.45) is 0 Å². The largest absolute Gasteiger partial charge is 0.494 e. The van der Waals surface area contributed by atoms with Gasteiger partial charge in [0.1, 0.15) is 5.75 Å². The van der Waals surface area contributed by atoms with Gasteiger partial charge in [0.2, 0.25) is 0 Å². The van der Waals surface area contributed by atoms with Crippen molar-refractivity contribution >= 4 is 0 Å². The van der Waals surface area contributed by atoms with Crippen molar-refractivity contribution in [2.45, 2.75) is 32.7 Å². The third-order valence-electron chi connectivity index (χ3n) is 2.89. The number of ether oxygens (including phenoxy) is 2. The second-order valence-electron chi connectivity index (χ2n) is 4.25. The molecule has 0 saturated heterocycles. The van der Waals surface area contributed by atoms with E-state index in [9.17, 15) is 0 Å². The Balaban J connectivity index is 2.60. The molecule has 0 radical (unpaired) electrons. The molecule has 3 nitrogen and oxygen atoms in total. The van der Waals surface area contributed by atoms with Crippen molar-refractivity contribution in [3.63, 3.8) is 0 Å². The van der Waals surface area contributed by atoms with Crippen molar-refractivity contribution < 1.29 is 9.47 Å². The molecule has 1 aromatic rings. The van der Waals surface area contributed by atoms with Gasteiger partial charge in [0, 0.05) is 19.8 Å². The quantitative estimate of drug-likeness (QED) is 0.684. The Morgan fingerprint density at radius 1 is 1.17 bits per heavy atom. The lowest BCUT2D eigenvalue weighted by molar-refractivity contribution is 0.189. The van der Waals surface area contributed by atoms with Gasteiger partial charge in [-0.05, 0) is 44.0 Å². The molecule has 1 aromatic carbocycles. The van der Waals surface area contributed by atoms with E-state index < -0.39 is 0 Å². The maximum atomic E-state index is 5.46. The molecular weight excluding hydrogens is 226 g/mol. The standard InChI is InChI=1S/C15H25NO2/c1-4-16-15(7-6-12-17-3)13-8-10-14(11-9-13)18-5-2/h8-11,15-16H,4-7,12H2,1-3H3. The topological polar surface area (TPSA) is 30.5 Å². The van der Waals surface area contributed by atoms with Crippen LogP contribution in [0.15, 0.2) is 24.3 Å². The van der Waals surface area contributed by atoms with Gasteiger partial charge in [-0.3, -0.25) is 0 Å². The van der Waals surface area contributed by atoms with Gasteiger partial charge in [-0.2, -0.15) is 0 Å². The molecule has 1 atom stereocenters. The smallest absolute Gasteiger partial charge is 0.119 e. The van der Waals surface area contributed by atoms with Crippen molar-refractivity contribution in [2.75, 3.05) is 26.9 Å². The summed E-state index contributed by atoms with van der Waals surface area (Å²) in [5, 5.41) is 3.51. The van der Waals surface area contributed by atoms with E-state index in [1.54, 1.807) is 7.11 Å². The molecule has 18 heavy (non-hydrogen) atoms. The zero-order valence-electron chi connectivity index (χ0n) is 11.7. The molecular formula is C15H25NO2. The first-order chi connectivity index (χ1) is 8.81. The zero-order chi connectivity index (χ0) is 13.2. The number of hydrogen-bond acceptors (Lipinski definition) is 3. The summed E-state index contributed by atoms with van der Waals surface area (Å²) in [5.41, 5.74) is 1.32. The molecule has 0 aliphatic heterocycles. The number of nitrogens with one attached hydrogen (secondary N) is 1. The first-order valence-corrected chi connectivity index (χ1v) is 6.76. The minimum absolute atomic E-state index is 0.404. The summed E-state index contributed by atoms with van der Waals surface area (Å²) in [5.74, 6) is 0.938. The van der Waals surface area contributed by atoms with Crippen molar-refractivity contribution in [1.29, 1.82) is 0 Å². The van der Waals surface area contributed by atoms with E-state index in [4.69, 9.17) is 9.47 Å². The Morgan fingerprint density at radius 2 is 1.89 bits per heavy atom. The second-order valence-corrected chi connectivity index (χ2v) is 4.25.